The van der Waals surface area contributed by atoms with Gasteiger partial charge < -0.3 is 10.2 Å². The SMILES string of the molecule is CCC(=O)N(Cc1ccc(Cl)cc1)C(CC)C(=O)NC1CCCC1. The Labute approximate surface area is 149 Å². The minimum absolute atomic E-state index is 0.00151. The maximum atomic E-state index is 12.7. The number of carbonyl (C=O) groups excluding carboxylic acids is 2. The van der Waals surface area contributed by atoms with E-state index in [-0.39, 0.29) is 17.9 Å². The maximum absolute atomic E-state index is 12.7. The van der Waals surface area contributed by atoms with Crippen molar-refractivity contribution in [2.75, 3.05) is 0 Å². The molecule has 0 aromatic heterocycles. The van der Waals surface area contributed by atoms with Crippen LogP contribution >= 0.6 is 11.6 Å². The molecule has 1 aromatic rings. The van der Waals surface area contributed by atoms with Gasteiger partial charge >= 0.3 is 0 Å². The molecule has 132 valence electrons. The number of halogens is 1. The third kappa shape index (κ3) is 4.97. The zero-order valence-electron chi connectivity index (χ0n) is 14.6. The largest absolute Gasteiger partial charge is 0.352 e. The summed E-state index contributed by atoms with van der Waals surface area (Å²) in [5, 5.41) is 3.80. The number of hydrogen-bond acceptors (Lipinski definition) is 2. The lowest BCUT2D eigenvalue weighted by atomic mass is 10.1. The lowest BCUT2D eigenvalue weighted by Gasteiger charge is -2.31. The molecule has 5 heteroatoms. The number of nitrogens with zero attached hydrogens (tertiary/aromatic N) is 1. The van der Waals surface area contributed by atoms with Crippen molar-refractivity contribution in [3.63, 3.8) is 0 Å². The molecule has 0 bridgehead atoms. The van der Waals surface area contributed by atoms with Crippen LogP contribution in [0.4, 0.5) is 0 Å². The Bertz CT molecular complexity index is 553. The second-order valence-corrected chi connectivity index (χ2v) is 6.85. The van der Waals surface area contributed by atoms with Gasteiger partial charge in [-0.05, 0) is 37.0 Å². The molecular formula is C19H27ClN2O2. The zero-order chi connectivity index (χ0) is 17.5. The van der Waals surface area contributed by atoms with Crippen LogP contribution < -0.4 is 5.32 Å². The van der Waals surface area contributed by atoms with Gasteiger partial charge in [0.05, 0.1) is 0 Å². The molecule has 1 aromatic carbocycles. The average molecular weight is 351 g/mol. The van der Waals surface area contributed by atoms with E-state index < -0.39 is 6.04 Å². The normalized spacial score (nSPS) is 16.0. The summed E-state index contributed by atoms with van der Waals surface area (Å²) in [5.41, 5.74) is 0.980. The second kappa shape index (κ2) is 9.07. The van der Waals surface area contributed by atoms with E-state index in [1.165, 1.54) is 12.8 Å². The Hall–Kier alpha value is -1.55. The zero-order valence-corrected chi connectivity index (χ0v) is 15.3. The molecular weight excluding hydrogens is 324 g/mol. The smallest absolute Gasteiger partial charge is 0.243 e. The average Bonchev–Trinajstić information content (AvgIpc) is 3.08. The van der Waals surface area contributed by atoms with Gasteiger partial charge in [-0.1, -0.05) is 50.4 Å². The quantitative estimate of drug-likeness (QED) is 0.810. The van der Waals surface area contributed by atoms with Crippen LogP contribution in [0.1, 0.15) is 57.9 Å². The summed E-state index contributed by atoms with van der Waals surface area (Å²) in [5.74, 6) is -0.0291. The summed E-state index contributed by atoms with van der Waals surface area (Å²) >= 11 is 5.93. The molecule has 1 fully saturated rings. The highest BCUT2D eigenvalue weighted by molar-refractivity contribution is 6.30. The molecule has 0 saturated heterocycles. The fraction of sp³-hybridized carbons (Fsp3) is 0.579. The van der Waals surface area contributed by atoms with Crippen LogP contribution in [0, 0.1) is 0 Å². The Morgan fingerprint density at radius 1 is 1.21 bits per heavy atom. The highest BCUT2D eigenvalue weighted by Gasteiger charge is 2.29. The monoisotopic (exact) mass is 350 g/mol. The lowest BCUT2D eigenvalue weighted by molar-refractivity contribution is -0.141. The van der Waals surface area contributed by atoms with Crippen LogP contribution in [0.5, 0.6) is 0 Å². The predicted octanol–water partition coefficient (Wildman–Crippen LogP) is 3.92. The Kier molecular flexibility index (Phi) is 7.10. The van der Waals surface area contributed by atoms with Gasteiger partial charge in [-0.25, -0.2) is 0 Å². The van der Waals surface area contributed by atoms with Gasteiger partial charge in [0.2, 0.25) is 11.8 Å². The van der Waals surface area contributed by atoms with E-state index in [2.05, 4.69) is 5.32 Å². The number of benzene rings is 1. The van der Waals surface area contributed by atoms with Crippen molar-refractivity contribution in [1.82, 2.24) is 10.2 Å². The number of rotatable bonds is 7. The fourth-order valence-electron chi connectivity index (χ4n) is 3.28. The maximum Gasteiger partial charge on any atom is 0.243 e. The molecule has 2 amide bonds. The van der Waals surface area contributed by atoms with E-state index in [1.807, 2.05) is 38.1 Å². The molecule has 1 aliphatic carbocycles. The summed E-state index contributed by atoms with van der Waals surface area (Å²) in [6.45, 7) is 4.22. The van der Waals surface area contributed by atoms with E-state index in [4.69, 9.17) is 11.6 Å². The third-order valence-electron chi connectivity index (χ3n) is 4.66. The molecule has 0 spiro atoms. The first-order chi connectivity index (χ1) is 11.5. The van der Waals surface area contributed by atoms with Crippen molar-refractivity contribution in [2.45, 2.75) is 71.0 Å². The molecule has 1 aliphatic rings. The topological polar surface area (TPSA) is 49.4 Å². The van der Waals surface area contributed by atoms with Crippen LogP contribution in [-0.4, -0.2) is 28.8 Å². The number of hydrogen-bond donors (Lipinski definition) is 1. The van der Waals surface area contributed by atoms with Gasteiger partial charge in [-0.2, -0.15) is 0 Å². The van der Waals surface area contributed by atoms with Crippen molar-refractivity contribution in [1.29, 1.82) is 0 Å². The first-order valence-corrected chi connectivity index (χ1v) is 9.27. The molecule has 1 N–H and O–H groups in total. The van der Waals surface area contributed by atoms with Crippen molar-refractivity contribution in [3.05, 3.63) is 34.9 Å². The van der Waals surface area contributed by atoms with E-state index >= 15 is 0 Å². The summed E-state index contributed by atoms with van der Waals surface area (Å²) in [6, 6.07) is 7.27. The van der Waals surface area contributed by atoms with Crippen LogP contribution in [0.15, 0.2) is 24.3 Å². The minimum atomic E-state index is -0.422. The van der Waals surface area contributed by atoms with Crippen LogP contribution in [0.2, 0.25) is 5.02 Å². The van der Waals surface area contributed by atoms with Gasteiger partial charge in [0, 0.05) is 24.0 Å². The van der Waals surface area contributed by atoms with Gasteiger partial charge in [0.1, 0.15) is 6.04 Å². The molecule has 1 atom stereocenters. The molecule has 1 unspecified atom stereocenters. The van der Waals surface area contributed by atoms with E-state index in [0.717, 1.165) is 18.4 Å². The number of carbonyl (C=O) groups is 2. The molecule has 24 heavy (non-hydrogen) atoms. The van der Waals surface area contributed by atoms with E-state index in [0.29, 0.717) is 24.4 Å². The predicted molar refractivity (Wildman–Crippen MR) is 96.8 cm³/mol. The van der Waals surface area contributed by atoms with Gasteiger partial charge in [0.15, 0.2) is 0 Å². The van der Waals surface area contributed by atoms with Crippen LogP contribution in [0.25, 0.3) is 0 Å². The number of amides is 2. The minimum Gasteiger partial charge on any atom is -0.352 e. The summed E-state index contributed by atoms with van der Waals surface area (Å²) < 4.78 is 0. The molecule has 2 rings (SSSR count). The Morgan fingerprint density at radius 3 is 2.38 bits per heavy atom. The van der Waals surface area contributed by atoms with Gasteiger partial charge in [-0.15, -0.1) is 0 Å². The van der Waals surface area contributed by atoms with Crippen LogP contribution in [-0.2, 0) is 16.1 Å². The van der Waals surface area contributed by atoms with Gasteiger partial charge in [-0.3, -0.25) is 9.59 Å². The highest BCUT2D eigenvalue weighted by Crippen LogP contribution is 2.20. The second-order valence-electron chi connectivity index (χ2n) is 6.42. The molecule has 1 saturated carbocycles. The lowest BCUT2D eigenvalue weighted by Crippen LogP contribution is -2.50. The highest BCUT2D eigenvalue weighted by atomic mass is 35.5. The van der Waals surface area contributed by atoms with Crippen molar-refractivity contribution in [2.24, 2.45) is 0 Å². The summed E-state index contributed by atoms with van der Waals surface area (Å²) in [6.07, 6.45) is 5.43. The Morgan fingerprint density at radius 2 is 1.83 bits per heavy atom. The van der Waals surface area contributed by atoms with Crippen LogP contribution in [0.3, 0.4) is 0 Å². The molecule has 4 nitrogen and oxygen atoms in total. The first kappa shape index (κ1) is 18.8. The third-order valence-corrected chi connectivity index (χ3v) is 4.91. The summed E-state index contributed by atoms with van der Waals surface area (Å²) in [7, 11) is 0. The molecule has 0 radical (unpaired) electrons. The van der Waals surface area contributed by atoms with Gasteiger partial charge in [0.25, 0.3) is 0 Å². The number of nitrogens with one attached hydrogen (secondary N) is 1. The van der Waals surface area contributed by atoms with Crippen molar-refractivity contribution in [3.8, 4) is 0 Å². The fourth-order valence-corrected chi connectivity index (χ4v) is 3.40. The van der Waals surface area contributed by atoms with E-state index in [9.17, 15) is 9.59 Å². The first-order valence-electron chi connectivity index (χ1n) is 8.89. The van der Waals surface area contributed by atoms with Crippen molar-refractivity contribution < 1.29 is 9.59 Å². The molecule has 0 heterocycles. The Balaban J connectivity index is 2.11. The standard InChI is InChI=1S/C19H27ClN2O2/c1-3-17(19(24)21-16-7-5-6-8-16)22(18(23)4-2)13-14-9-11-15(20)12-10-14/h9-12,16-17H,3-8,13H2,1-2H3,(H,21,24). The summed E-state index contributed by atoms with van der Waals surface area (Å²) in [4.78, 5) is 26.9. The van der Waals surface area contributed by atoms with Crippen molar-refractivity contribution >= 4 is 23.4 Å². The molecule has 0 aliphatic heterocycles. The van der Waals surface area contributed by atoms with E-state index in [1.54, 1.807) is 4.90 Å².